The molecule has 0 spiro atoms. The first-order valence-corrected chi connectivity index (χ1v) is 10.6. The second kappa shape index (κ2) is 9.11. The zero-order valence-electron chi connectivity index (χ0n) is 17.3. The smallest absolute Gasteiger partial charge is 0.274 e. The number of aryl methyl sites for hydroxylation is 1. The molecule has 4 heterocycles. The molecule has 0 saturated carbocycles. The van der Waals surface area contributed by atoms with E-state index in [4.69, 9.17) is 0 Å². The summed E-state index contributed by atoms with van der Waals surface area (Å²) in [6.07, 6.45) is 14.1. The predicted molar refractivity (Wildman–Crippen MR) is 113 cm³/mol. The van der Waals surface area contributed by atoms with Crippen molar-refractivity contribution in [2.45, 2.75) is 32.1 Å². The SMILES string of the molecule is Cn1cnc(C(=O)N2CCC(CCCCNC(=O)c3ccc4nccn4c3)CC2)c1. The van der Waals surface area contributed by atoms with Crippen LogP contribution in [-0.2, 0) is 7.05 Å². The number of pyridine rings is 1. The van der Waals surface area contributed by atoms with Crippen molar-refractivity contribution in [3.8, 4) is 0 Å². The van der Waals surface area contributed by atoms with Crippen LogP contribution < -0.4 is 5.32 Å². The number of imidazole rings is 2. The van der Waals surface area contributed by atoms with E-state index in [9.17, 15) is 9.59 Å². The van der Waals surface area contributed by atoms with E-state index in [1.54, 1.807) is 35.6 Å². The van der Waals surface area contributed by atoms with E-state index < -0.39 is 0 Å². The van der Waals surface area contributed by atoms with E-state index in [0.717, 1.165) is 50.8 Å². The summed E-state index contributed by atoms with van der Waals surface area (Å²) < 4.78 is 3.65. The number of piperidine rings is 1. The fraction of sp³-hybridized carbons (Fsp3) is 0.455. The lowest BCUT2D eigenvalue weighted by molar-refractivity contribution is 0.0680. The van der Waals surface area contributed by atoms with Gasteiger partial charge in [-0.05, 0) is 37.3 Å². The Morgan fingerprint density at radius 3 is 2.73 bits per heavy atom. The molecule has 0 radical (unpaired) electrons. The van der Waals surface area contributed by atoms with Crippen LogP contribution in [0.5, 0.6) is 0 Å². The van der Waals surface area contributed by atoms with Gasteiger partial charge >= 0.3 is 0 Å². The number of amides is 2. The summed E-state index contributed by atoms with van der Waals surface area (Å²) in [7, 11) is 1.87. The fourth-order valence-electron chi connectivity index (χ4n) is 4.03. The second-order valence-electron chi connectivity index (χ2n) is 8.02. The van der Waals surface area contributed by atoms with Crippen molar-refractivity contribution in [2.24, 2.45) is 13.0 Å². The van der Waals surface area contributed by atoms with Gasteiger partial charge in [-0.15, -0.1) is 0 Å². The average Bonchev–Trinajstić information content (AvgIpc) is 3.41. The number of hydrogen-bond donors (Lipinski definition) is 1. The van der Waals surface area contributed by atoms with Crippen LogP contribution in [0.3, 0.4) is 0 Å². The third kappa shape index (κ3) is 4.69. The fourth-order valence-corrected chi connectivity index (χ4v) is 4.03. The van der Waals surface area contributed by atoms with Gasteiger partial charge in [-0.25, -0.2) is 9.97 Å². The maximum absolute atomic E-state index is 12.5. The van der Waals surface area contributed by atoms with Crippen molar-refractivity contribution in [1.82, 2.24) is 29.2 Å². The zero-order chi connectivity index (χ0) is 20.9. The van der Waals surface area contributed by atoms with Crippen LogP contribution in [0.25, 0.3) is 5.65 Å². The summed E-state index contributed by atoms with van der Waals surface area (Å²) in [6.45, 7) is 2.28. The Labute approximate surface area is 175 Å². The lowest BCUT2D eigenvalue weighted by Gasteiger charge is -2.31. The summed E-state index contributed by atoms with van der Waals surface area (Å²) in [5.41, 5.74) is 2.00. The van der Waals surface area contributed by atoms with Crippen LogP contribution >= 0.6 is 0 Å². The number of likely N-dealkylation sites (tertiary alicyclic amines) is 1. The molecule has 1 aliphatic rings. The Bertz CT molecular complexity index is 1020. The Balaban J connectivity index is 1.13. The van der Waals surface area contributed by atoms with E-state index in [1.165, 1.54) is 0 Å². The Kier molecular flexibility index (Phi) is 6.11. The van der Waals surface area contributed by atoms with Gasteiger partial charge in [0.25, 0.3) is 11.8 Å². The molecule has 158 valence electrons. The van der Waals surface area contributed by atoms with Crippen LogP contribution in [0.15, 0.2) is 43.2 Å². The molecule has 8 heteroatoms. The Hall–Kier alpha value is -3.16. The number of aromatic nitrogens is 4. The number of fused-ring (bicyclic) bond motifs is 1. The maximum Gasteiger partial charge on any atom is 0.274 e. The molecule has 1 N–H and O–H groups in total. The van der Waals surface area contributed by atoms with Crippen molar-refractivity contribution in [3.63, 3.8) is 0 Å². The first-order valence-electron chi connectivity index (χ1n) is 10.6. The van der Waals surface area contributed by atoms with Crippen LogP contribution in [0.2, 0.25) is 0 Å². The number of unbranched alkanes of at least 4 members (excludes halogenated alkanes) is 1. The van der Waals surface area contributed by atoms with Gasteiger partial charge in [0.15, 0.2) is 0 Å². The van der Waals surface area contributed by atoms with Gasteiger partial charge in [-0.1, -0.05) is 12.8 Å². The van der Waals surface area contributed by atoms with Crippen molar-refractivity contribution in [1.29, 1.82) is 0 Å². The predicted octanol–water partition coefficient (Wildman–Crippen LogP) is 2.52. The number of nitrogens with zero attached hydrogens (tertiary/aromatic N) is 5. The van der Waals surface area contributed by atoms with Gasteiger partial charge in [0.2, 0.25) is 0 Å². The standard InChI is InChI=1S/C22H28N6O2/c1-26-15-19(25-16-26)22(30)27-11-7-17(8-12-27)4-2-3-9-24-21(29)18-5-6-20-23-10-13-28(20)14-18/h5-6,10,13-17H,2-4,7-9,11-12H2,1H3,(H,24,29). The molecule has 0 atom stereocenters. The van der Waals surface area contributed by atoms with Gasteiger partial charge in [0.1, 0.15) is 11.3 Å². The average molecular weight is 409 g/mol. The lowest BCUT2D eigenvalue weighted by Crippen LogP contribution is -2.38. The molecule has 1 aliphatic heterocycles. The van der Waals surface area contributed by atoms with Gasteiger partial charge in [-0.2, -0.15) is 0 Å². The van der Waals surface area contributed by atoms with Crippen molar-refractivity contribution < 1.29 is 9.59 Å². The normalized spacial score (nSPS) is 14.9. The molecular weight excluding hydrogens is 380 g/mol. The molecule has 3 aromatic rings. The van der Waals surface area contributed by atoms with E-state index in [-0.39, 0.29) is 11.8 Å². The van der Waals surface area contributed by atoms with Crippen LogP contribution in [0.1, 0.15) is 53.0 Å². The number of hydrogen-bond acceptors (Lipinski definition) is 4. The van der Waals surface area contributed by atoms with E-state index in [1.807, 2.05) is 28.6 Å². The molecule has 0 aromatic carbocycles. The highest BCUT2D eigenvalue weighted by atomic mass is 16.2. The first kappa shape index (κ1) is 20.1. The minimum atomic E-state index is -0.0491. The number of carbonyl (C=O) groups excluding carboxylic acids is 2. The molecule has 0 aliphatic carbocycles. The molecule has 2 amide bonds. The van der Waals surface area contributed by atoms with Crippen molar-refractivity contribution in [2.75, 3.05) is 19.6 Å². The van der Waals surface area contributed by atoms with Crippen molar-refractivity contribution >= 4 is 17.5 Å². The summed E-state index contributed by atoms with van der Waals surface area (Å²) in [6, 6.07) is 3.65. The number of rotatable bonds is 7. The van der Waals surface area contributed by atoms with Gasteiger partial charge in [-0.3, -0.25) is 9.59 Å². The van der Waals surface area contributed by atoms with Gasteiger partial charge < -0.3 is 19.2 Å². The molecule has 8 nitrogen and oxygen atoms in total. The summed E-state index contributed by atoms with van der Waals surface area (Å²) in [5, 5.41) is 3.00. The lowest BCUT2D eigenvalue weighted by atomic mass is 9.91. The monoisotopic (exact) mass is 408 g/mol. The summed E-state index contributed by atoms with van der Waals surface area (Å²) >= 11 is 0. The first-order chi connectivity index (χ1) is 14.6. The van der Waals surface area contributed by atoms with Crippen LogP contribution in [0.4, 0.5) is 0 Å². The van der Waals surface area contributed by atoms with Crippen LogP contribution in [0, 0.1) is 5.92 Å². The minimum absolute atomic E-state index is 0.0330. The largest absolute Gasteiger partial charge is 0.352 e. The molecule has 1 saturated heterocycles. The molecule has 30 heavy (non-hydrogen) atoms. The van der Waals surface area contributed by atoms with E-state index in [0.29, 0.717) is 23.7 Å². The van der Waals surface area contributed by atoms with Gasteiger partial charge in [0, 0.05) is 51.5 Å². The highest BCUT2D eigenvalue weighted by Gasteiger charge is 2.24. The summed E-state index contributed by atoms with van der Waals surface area (Å²) in [4.78, 5) is 35.0. The Morgan fingerprint density at radius 1 is 1.13 bits per heavy atom. The second-order valence-corrected chi connectivity index (χ2v) is 8.02. The molecule has 0 bridgehead atoms. The highest BCUT2D eigenvalue weighted by molar-refractivity contribution is 5.94. The Morgan fingerprint density at radius 2 is 1.97 bits per heavy atom. The summed E-state index contributed by atoms with van der Waals surface area (Å²) in [5.74, 6) is 0.634. The zero-order valence-corrected chi connectivity index (χ0v) is 17.3. The molecule has 3 aromatic heterocycles. The highest BCUT2D eigenvalue weighted by Crippen LogP contribution is 2.23. The maximum atomic E-state index is 12.5. The van der Waals surface area contributed by atoms with E-state index in [2.05, 4.69) is 15.3 Å². The third-order valence-electron chi connectivity index (χ3n) is 5.80. The number of nitrogens with one attached hydrogen (secondary N) is 1. The molecule has 4 rings (SSSR count). The molecular formula is C22H28N6O2. The topological polar surface area (TPSA) is 84.5 Å². The quantitative estimate of drug-likeness (QED) is 0.609. The molecule has 1 fully saturated rings. The number of carbonyl (C=O) groups is 2. The van der Waals surface area contributed by atoms with Crippen LogP contribution in [-0.4, -0.2) is 55.3 Å². The minimum Gasteiger partial charge on any atom is -0.352 e. The van der Waals surface area contributed by atoms with Crippen molar-refractivity contribution in [3.05, 3.63) is 54.5 Å². The third-order valence-corrected chi connectivity index (χ3v) is 5.80. The molecule has 0 unspecified atom stereocenters. The van der Waals surface area contributed by atoms with Gasteiger partial charge in [0.05, 0.1) is 11.9 Å². The van der Waals surface area contributed by atoms with E-state index >= 15 is 0 Å².